The number of nitrogens with two attached hydrogens (primary N) is 1. The topological polar surface area (TPSA) is 64.3 Å². The highest BCUT2D eigenvalue weighted by Gasteiger charge is 2.18. The first-order valence-electron chi connectivity index (χ1n) is 6.98. The van der Waals surface area contributed by atoms with Gasteiger partial charge in [-0.05, 0) is 55.3 Å². The molecule has 0 fully saturated rings. The SMILES string of the molecule is CC[C@H](Oc1cccc(C)c1)C(=O)Nc1ccc(N)cc1. The van der Waals surface area contributed by atoms with Crippen LogP contribution in [0.25, 0.3) is 0 Å². The summed E-state index contributed by atoms with van der Waals surface area (Å²) in [5.41, 5.74) is 8.09. The second-order valence-electron chi connectivity index (χ2n) is 4.94. The quantitative estimate of drug-likeness (QED) is 0.827. The lowest BCUT2D eigenvalue weighted by atomic mass is 10.2. The monoisotopic (exact) mass is 284 g/mol. The van der Waals surface area contributed by atoms with E-state index in [1.54, 1.807) is 24.3 Å². The molecule has 0 aliphatic rings. The van der Waals surface area contributed by atoms with Crippen LogP contribution in [0.2, 0.25) is 0 Å². The first-order chi connectivity index (χ1) is 10.1. The van der Waals surface area contributed by atoms with Crippen LogP contribution < -0.4 is 15.8 Å². The molecule has 0 saturated carbocycles. The highest BCUT2D eigenvalue weighted by Crippen LogP contribution is 2.17. The van der Waals surface area contributed by atoms with Gasteiger partial charge in [-0.3, -0.25) is 4.79 Å². The van der Waals surface area contributed by atoms with Crippen molar-refractivity contribution < 1.29 is 9.53 Å². The van der Waals surface area contributed by atoms with Crippen LogP contribution in [-0.2, 0) is 4.79 Å². The van der Waals surface area contributed by atoms with E-state index in [-0.39, 0.29) is 5.91 Å². The molecule has 110 valence electrons. The van der Waals surface area contributed by atoms with Crippen molar-refractivity contribution in [1.29, 1.82) is 0 Å². The zero-order valence-electron chi connectivity index (χ0n) is 12.3. The molecule has 0 bridgehead atoms. The van der Waals surface area contributed by atoms with Gasteiger partial charge in [-0.2, -0.15) is 0 Å². The summed E-state index contributed by atoms with van der Waals surface area (Å²) in [6.07, 6.45) is 0.0683. The summed E-state index contributed by atoms with van der Waals surface area (Å²) < 4.78 is 5.77. The number of aryl methyl sites for hydroxylation is 1. The number of rotatable bonds is 5. The molecule has 3 N–H and O–H groups in total. The normalized spacial score (nSPS) is 11.7. The molecule has 0 aliphatic heterocycles. The molecule has 4 nitrogen and oxygen atoms in total. The van der Waals surface area contributed by atoms with Crippen molar-refractivity contribution in [2.45, 2.75) is 26.4 Å². The molecule has 0 unspecified atom stereocenters. The Morgan fingerprint density at radius 2 is 1.95 bits per heavy atom. The Hall–Kier alpha value is -2.49. The van der Waals surface area contributed by atoms with Crippen molar-refractivity contribution in [3.05, 3.63) is 54.1 Å². The summed E-state index contributed by atoms with van der Waals surface area (Å²) in [5.74, 6) is 0.540. The van der Waals surface area contributed by atoms with Gasteiger partial charge in [0.1, 0.15) is 5.75 Å². The maximum absolute atomic E-state index is 12.3. The van der Waals surface area contributed by atoms with Crippen LogP contribution in [0.3, 0.4) is 0 Å². The Kier molecular flexibility index (Phi) is 4.82. The Balaban J connectivity index is 2.03. The average molecular weight is 284 g/mol. The van der Waals surface area contributed by atoms with Crippen molar-refractivity contribution in [2.24, 2.45) is 0 Å². The molecule has 0 heterocycles. The second-order valence-corrected chi connectivity index (χ2v) is 4.94. The number of hydrogen-bond acceptors (Lipinski definition) is 3. The number of nitrogen functional groups attached to an aromatic ring is 1. The zero-order chi connectivity index (χ0) is 15.2. The predicted octanol–water partition coefficient (Wildman–Crippen LogP) is 3.37. The molecule has 2 rings (SSSR count). The predicted molar refractivity (Wildman–Crippen MR) is 85.4 cm³/mol. The van der Waals surface area contributed by atoms with E-state index in [1.807, 2.05) is 38.1 Å². The number of hydrogen-bond donors (Lipinski definition) is 2. The molecule has 1 amide bonds. The van der Waals surface area contributed by atoms with E-state index >= 15 is 0 Å². The van der Waals surface area contributed by atoms with E-state index in [0.717, 1.165) is 5.56 Å². The number of benzene rings is 2. The molecule has 21 heavy (non-hydrogen) atoms. The molecule has 0 radical (unpaired) electrons. The molecular weight excluding hydrogens is 264 g/mol. The Morgan fingerprint density at radius 3 is 2.57 bits per heavy atom. The third-order valence-corrected chi connectivity index (χ3v) is 3.11. The second kappa shape index (κ2) is 6.79. The van der Waals surface area contributed by atoms with E-state index in [1.165, 1.54) is 0 Å². The summed E-state index contributed by atoms with van der Waals surface area (Å²) in [6, 6.07) is 14.7. The summed E-state index contributed by atoms with van der Waals surface area (Å²) in [6.45, 7) is 3.91. The Labute approximate surface area is 124 Å². The van der Waals surface area contributed by atoms with E-state index in [4.69, 9.17) is 10.5 Å². The number of amides is 1. The lowest BCUT2D eigenvalue weighted by Gasteiger charge is -2.17. The highest BCUT2D eigenvalue weighted by molar-refractivity contribution is 5.94. The fourth-order valence-corrected chi connectivity index (χ4v) is 1.96. The van der Waals surface area contributed by atoms with Gasteiger partial charge < -0.3 is 15.8 Å². The van der Waals surface area contributed by atoms with Crippen LogP contribution in [0.15, 0.2) is 48.5 Å². The number of carbonyl (C=O) groups excluding carboxylic acids is 1. The molecular formula is C17H20N2O2. The third-order valence-electron chi connectivity index (χ3n) is 3.11. The van der Waals surface area contributed by atoms with Gasteiger partial charge in [0.15, 0.2) is 6.10 Å². The van der Waals surface area contributed by atoms with E-state index in [0.29, 0.717) is 23.5 Å². The first-order valence-corrected chi connectivity index (χ1v) is 6.98. The molecule has 4 heteroatoms. The van der Waals surface area contributed by atoms with Gasteiger partial charge in [0, 0.05) is 11.4 Å². The van der Waals surface area contributed by atoms with Crippen LogP contribution in [-0.4, -0.2) is 12.0 Å². The third kappa shape index (κ3) is 4.24. The van der Waals surface area contributed by atoms with Crippen LogP contribution in [0, 0.1) is 6.92 Å². The van der Waals surface area contributed by atoms with Crippen LogP contribution in [0.4, 0.5) is 11.4 Å². The van der Waals surface area contributed by atoms with Gasteiger partial charge in [-0.15, -0.1) is 0 Å². The fourth-order valence-electron chi connectivity index (χ4n) is 1.96. The molecule has 0 aliphatic carbocycles. The van der Waals surface area contributed by atoms with E-state index in [2.05, 4.69) is 5.32 Å². The van der Waals surface area contributed by atoms with Crippen LogP contribution >= 0.6 is 0 Å². The smallest absolute Gasteiger partial charge is 0.265 e. The zero-order valence-corrected chi connectivity index (χ0v) is 12.3. The van der Waals surface area contributed by atoms with Crippen molar-refractivity contribution in [2.75, 3.05) is 11.1 Å². The largest absolute Gasteiger partial charge is 0.481 e. The fraction of sp³-hybridized carbons (Fsp3) is 0.235. The van der Waals surface area contributed by atoms with Gasteiger partial charge in [-0.25, -0.2) is 0 Å². The Bertz CT molecular complexity index is 608. The minimum absolute atomic E-state index is 0.163. The maximum atomic E-state index is 12.3. The molecule has 0 spiro atoms. The lowest BCUT2D eigenvalue weighted by Crippen LogP contribution is -2.32. The number of nitrogens with one attached hydrogen (secondary N) is 1. The van der Waals surface area contributed by atoms with E-state index < -0.39 is 6.10 Å². The van der Waals surface area contributed by atoms with Crippen molar-refractivity contribution in [3.63, 3.8) is 0 Å². The summed E-state index contributed by atoms with van der Waals surface area (Å²) in [5, 5.41) is 2.84. The van der Waals surface area contributed by atoms with Gasteiger partial charge in [0.2, 0.25) is 0 Å². The number of ether oxygens (including phenoxy) is 1. The van der Waals surface area contributed by atoms with Gasteiger partial charge in [0.25, 0.3) is 5.91 Å². The first kappa shape index (κ1) is 14.9. The van der Waals surface area contributed by atoms with Crippen LogP contribution in [0.1, 0.15) is 18.9 Å². The molecule has 0 aromatic heterocycles. The van der Waals surface area contributed by atoms with E-state index in [9.17, 15) is 4.79 Å². The molecule has 2 aromatic rings. The standard InChI is InChI=1S/C17H20N2O2/c1-3-16(21-15-6-4-5-12(2)11-15)17(20)19-14-9-7-13(18)8-10-14/h4-11,16H,3,18H2,1-2H3,(H,19,20)/t16-/m0/s1. The summed E-state index contributed by atoms with van der Waals surface area (Å²) in [7, 11) is 0. The molecule has 2 aromatic carbocycles. The minimum Gasteiger partial charge on any atom is -0.481 e. The van der Waals surface area contributed by atoms with Gasteiger partial charge in [0.05, 0.1) is 0 Å². The van der Waals surface area contributed by atoms with Crippen molar-refractivity contribution >= 4 is 17.3 Å². The highest BCUT2D eigenvalue weighted by atomic mass is 16.5. The van der Waals surface area contributed by atoms with Crippen molar-refractivity contribution in [3.8, 4) is 5.75 Å². The summed E-state index contributed by atoms with van der Waals surface area (Å²) in [4.78, 5) is 12.3. The van der Waals surface area contributed by atoms with Crippen molar-refractivity contribution in [1.82, 2.24) is 0 Å². The molecule has 0 saturated heterocycles. The molecule has 1 atom stereocenters. The van der Waals surface area contributed by atoms with Crippen LogP contribution in [0.5, 0.6) is 5.75 Å². The number of anilines is 2. The van der Waals surface area contributed by atoms with Gasteiger partial charge in [-0.1, -0.05) is 19.1 Å². The minimum atomic E-state index is -0.524. The summed E-state index contributed by atoms with van der Waals surface area (Å²) >= 11 is 0. The number of carbonyl (C=O) groups is 1. The average Bonchev–Trinajstić information content (AvgIpc) is 2.47. The lowest BCUT2D eigenvalue weighted by molar-refractivity contribution is -0.122. The van der Waals surface area contributed by atoms with Gasteiger partial charge >= 0.3 is 0 Å². The Morgan fingerprint density at radius 1 is 1.24 bits per heavy atom. The maximum Gasteiger partial charge on any atom is 0.265 e.